The van der Waals surface area contributed by atoms with Gasteiger partial charge in [-0.15, -0.1) is 6.58 Å². The summed E-state index contributed by atoms with van der Waals surface area (Å²) in [5.41, 5.74) is -0.863. The Kier molecular flexibility index (Phi) is 3.32. The molecule has 0 aromatic heterocycles. The van der Waals surface area contributed by atoms with Crippen molar-refractivity contribution in [1.82, 2.24) is 0 Å². The molecule has 1 heterocycles. The molecule has 0 radical (unpaired) electrons. The van der Waals surface area contributed by atoms with E-state index in [9.17, 15) is 5.11 Å². The van der Waals surface area contributed by atoms with Crippen molar-refractivity contribution < 1.29 is 14.4 Å². The Morgan fingerprint density at radius 2 is 1.81 bits per heavy atom. The molecule has 92 valence electrons. The lowest BCUT2D eigenvalue weighted by atomic mass is 9.79. The highest BCUT2D eigenvalue weighted by atomic mass is 16.7. The summed E-state index contributed by atoms with van der Waals surface area (Å²) >= 11 is 0. The van der Waals surface area contributed by atoms with Crippen LogP contribution in [0.25, 0.3) is 0 Å². The van der Waals surface area contributed by atoms with E-state index in [-0.39, 0.29) is 7.12 Å². The third kappa shape index (κ3) is 2.68. The third-order valence-corrected chi connectivity index (χ3v) is 3.21. The van der Waals surface area contributed by atoms with Crippen LogP contribution in [0.1, 0.15) is 48.0 Å². The van der Waals surface area contributed by atoms with E-state index in [1.54, 1.807) is 13.8 Å². The molecule has 4 heteroatoms. The van der Waals surface area contributed by atoms with Gasteiger partial charge in [0.1, 0.15) is 0 Å². The van der Waals surface area contributed by atoms with Crippen molar-refractivity contribution in [3.8, 4) is 0 Å². The number of aliphatic hydroxyl groups is 1. The second kappa shape index (κ2) is 3.86. The Morgan fingerprint density at radius 1 is 1.31 bits per heavy atom. The lowest BCUT2D eigenvalue weighted by molar-refractivity contribution is -0.0692. The molecule has 0 bridgehead atoms. The lowest BCUT2D eigenvalue weighted by Gasteiger charge is -2.40. The van der Waals surface area contributed by atoms with E-state index in [4.69, 9.17) is 9.31 Å². The number of hydrogen-bond donors (Lipinski definition) is 1. The maximum atomic E-state index is 9.94. The van der Waals surface area contributed by atoms with Gasteiger partial charge in [0.05, 0.1) is 16.8 Å². The lowest BCUT2D eigenvalue weighted by Crippen LogP contribution is -2.49. The molecule has 0 aliphatic carbocycles. The SMILES string of the molecule is C=C(C)B1OC(C)(C)C(C)(CC(C)(C)O)O1. The van der Waals surface area contributed by atoms with Crippen LogP contribution in [0.4, 0.5) is 0 Å². The summed E-state index contributed by atoms with van der Waals surface area (Å²) in [5.74, 6) is 0. The minimum atomic E-state index is -0.778. The molecule has 1 saturated heterocycles. The van der Waals surface area contributed by atoms with Crippen molar-refractivity contribution in [3.63, 3.8) is 0 Å². The van der Waals surface area contributed by atoms with Crippen LogP contribution in [-0.2, 0) is 9.31 Å². The second-order valence-electron chi connectivity index (χ2n) is 6.14. The van der Waals surface area contributed by atoms with Gasteiger partial charge in [-0.3, -0.25) is 0 Å². The largest absolute Gasteiger partial charge is 0.489 e. The molecular weight excluding hydrogens is 203 g/mol. The summed E-state index contributed by atoms with van der Waals surface area (Å²) in [4.78, 5) is 0. The topological polar surface area (TPSA) is 38.7 Å². The Labute approximate surface area is 99.0 Å². The molecule has 0 amide bonds. The molecule has 1 aliphatic heterocycles. The predicted molar refractivity (Wildman–Crippen MR) is 66.1 cm³/mol. The molecule has 0 aromatic carbocycles. The molecule has 16 heavy (non-hydrogen) atoms. The van der Waals surface area contributed by atoms with Crippen LogP contribution < -0.4 is 0 Å². The van der Waals surface area contributed by atoms with E-state index in [2.05, 4.69) is 6.58 Å². The fraction of sp³-hybridized carbons (Fsp3) is 0.833. The van der Waals surface area contributed by atoms with Crippen molar-refractivity contribution >= 4 is 7.12 Å². The summed E-state index contributed by atoms with van der Waals surface area (Å²) in [6.45, 7) is 15.3. The van der Waals surface area contributed by atoms with Crippen molar-refractivity contribution in [2.75, 3.05) is 0 Å². The molecular formula is C12H23BO3. The van der Waals surface area contributed by atoms with Crippen LogP contribution in [-0.4, -0.2) is 29.0 Å². The van der Waals surface area contributed by atoms with Crippen LogP contribution >= 0.6 is 0 Å². The highest BCUT2D eigenvalue weighted by Gasteiger charge is 2.55. The Morgan fingerprint density at radius 3 is 2.12 bits per heavy atom. The average Bonchev–Trinajstić information content (AvgIpc) is 2.18. The third-order valence-electron chi connectivity index (χ3n) is 3.21. The fourth-order valence-corrected chi connectivity index (χ4v) is 2.08. The van der Waals surface area contributed by atoms with Crippen molar-refractivity contribution in [2.45, 2.75) is 64.8 Å². The summed E-state index contributed by atoms with van der Waals surface area (Å²) in [6.07, 6.45) is 0.525. The first-order chi connectivity index (χ1) is 6.97. The second-order valence-corrected chi connectivity index (χ2v) is 6.14. The maximum Gasteiger partial charge on any atom is 0.489 e. The first-order valence-electron chi connectivity index (χ1n) is 5.70. The van der Waals surface area contributed by atoms with E-state index >= 15 is 0 Å². The molecule has 0 spiro atoms. The van der Waals surface area contributed by atoms with Gasteiger partial charge in [0.15, 0.2) is 0 Å². The van der Waals surface area contributed by atoms with Crippen LogP contribution in [0, 0.1) is 0 Å². The molecule has 0 aromatic rings. The highest BCUT2D eigenvalue weighted by Crippen LogP contribution is 2.43. The summed E-state index contributed by atoms with van der Waals surface area (Å²) in [5, 5.41) is 9.94. The van der Waals surface area contributed by atoms with Gasteiger partial charge in [-0.1, -0.05) is 5.47 Å². The molecule has 0 saturated carbocycles. The maximum absolute atomic E-state index is 9.94. The molecule has 1 aliphatic rings. The molecule has 1 fully saturated rings. The minimum absolute atomic E-state index is 0.373. The monoisotopic (exact) mass is 226 g/mol. The van der Waals surface area contributed by atoms with Crippen molar-refractivity contribution in [2.24, 2.45) is 0 Å². The Hall–Kier alpha value is -0.315. The van der Waals surface area contributed by atoms with Gasteiger partial charge >= 0.3 is 7.12 Å². The normalized spacial score (nSPS) is 29.6. The zero-order chi connectivity index (χ0) is 12.8. The van der Waals surface area contributed by atoms with Gasteiger partial charge < -0.3 is 14.4 Å². The fourth-order valence-electron chi connectivity index (χ4n) is 2.08. The minimum Gasteiger partial charge on any atom is -0.400 e. The van der Waals surface area contributed by atoms with E-state index < -0.39 is 16.8 Å². The van der Waals surface area contributed by atoms with E-state index in [1.165, 1.54) is 0 Å². The number of allylic oxidation sites excluding steroid dienone is 1. The van der Waals surface area contributed by atoms with Gasteiger partial charge in [-0.25, -0.2) is 0 Å². The molecule has 1 N–H and O–H groups in total. The zero-order valence-corrected chi connectivity index (χ0v) is 11.3. The van der Waals surface area contributed by atoms with Crippen LogP contribution in [0.5, 0.6) is 0 Å². The van der Waals surface area contributed by atoms with Gasteiger partial charge in [0.2, 0.25) is 0 Å². The Bertz CT molecular complexity index is 293. The van der Waals surface area contributed by atoms with Gasteiger partial charge in [-0.2, -0.15) is 0 Å². The molecule has 1 unspecified atom stereocenters. The summed E-state index contributed by atoms with van der Waals surface area (Å²) in [6, 6.07) is 0. The Balaban J connectivity index is 2.91. The van der Waals surface area contributed by atoms with E-state index in [0.717, 1.165) is 5.47 Å². The zero-order valence-electron chi connectivity index (χ0n) is 11.3. The van der Waals surface area contributed by atoms with Crippen LogP contribution in [0.2, 0.25) is 0 Å². The summed E-state index contributed by atoms with van der Waals surface area (Å²) < 4.78 is 11.8. The van der Waals surface area contributed by atoms with Crippen molar-refractivity contribution in [1.29, 1.82) is 0 Å². The first-order valence-corrected chi connectivity index (χ1v) is 5.70. The quantitative estimate of drug-likeness (QED) is 0.750. The predicted octanol–water partition coefficient (Wildman–Crippen LogP) is 2.34. The van der Waals surface area contributed by atoms with Gasteiger partial charge in [0, 0.05) is 6.42 Å². The summed E-state index contributed by atoms with van der Waals surface area (Å²) in [7, 11) is -0.373. The molecule has 1 rings (SSSR count). The smallest absolute Gasteiger partial charge is 0.400 e. The standard InChI is InChI=1S/C12H23BO3/c1-9(2)13-15-11(5,6)12(7,16-13)8-10(3,4)14/h14H,1,8H2,2-7H3. The highest BCUT2D eigenvalue weighted by molar-refractivity contribution is 6.54. The van der Waals surface area contributed by atoms with Gasteiger partial charge in [0.25, 0.3) is 0 Å². The average molecular weight is 226 g/mol. The number of rotatable bonds is 3. The van der Waals surface area contributed by atoms with Crippen LogP contribution in [0.3, 0.4) is 0 Å². The molecule has 3 nitrogen and oxygen atoms in total. The van der Waals surface area contributed by atoms with Crippen molar-refractivity contribution in [3.05, 3.63) is 12.1 Å². The number of hydrogen-bond acceptors (Lipinski definition) is 3. The molecule has 1 atom stereocenters. The first kappa shape index (κ1) is 13.7. The van der Waals surface area contributed by atoms with Crippen LogP contribution in [0.15, 0.2) is 12.1 Å². The van der Waals surface area contributed by atoms with Gasteiger partial charge in [-0.05, 0) is 41.5 Å². The van der Waals surface area contributed by atoms with E-state index in [1.807, 2.05) is 27.7 Å². The van der Waals surface area contributed by atoms with E-state index in [0.29, 0.717) is 6.42 Å².